The van der Waals surface area contributed by atoms with E-state index in [0.29, 0.717) is 0 Å². The normalized spacial score (nSPS) is 17.4. The zero-order valence-corrected chi connectivity index (χ0v) is 9.98. The molecule has 0 spiro atoms. The average molecular weight is 277 g/mol. The number of rotatable bonds is 2. The molecular formula is C11H10F3NO2S. The van der Waals surface area contributed by atoms with Gasteiger partial charge in [-0.1, -0.05) is 6.07 Å². The second kappa shape index (κ2) is 4.10. The lowest BCUT2D eigenvalue weighted by molar-refractivity contribution is -0.137. The molecule has 1 aliphatic rings. The maximum Gasteiger partial charge on any atom is 0.417 e. The first kappa shape index (κ1) is 13.1. The van der Waals surface area contributed by atoms with E-state index in [9.17, 15) is 21.6 Å². The maximum absolute atomic E-state index is 12.8. The number of benzene rings is 1. The summed E-state index contributed by atoms with van der Waals surface area (Å²) in [5, 5.41) is 0. The molecule has 0 saturated carbocycles. The minimum absolute atomic E-state index is 0.0360. The predicted octanol–water partition coefficient (Wildman–Crippen LogP) is 2.18. The third-order valence-corrected chi connectivity index (χ3v) is 4.65. The number of sulfone groups is 1. The Morgan fingerprint density at radius 3 is 2.44 bits per heavy atom. The molecule has 2 N–H and O–H groups in total. The van der Waals surface area contributed by atoms with E-state index in [2.05, 4.69) is 0 Å². The first-order valence-electron chi connectivity index (χ1n) is 5.14. The van der Waals surface area contributed by atoms with Crippen molar-refractivity contribution in [1.82, 2.24) is 0 Å². The summed E-state index contributed by atoms with van der Waals surface area (Å²) in [5.74, 6) is 0. The molecule has 0 aromatic heterocycles. The Morgan fingerprint density at radius 1 is 1.22 bits per heavy atom. The maximum atomic E-state index is 12.8. The van der Waals surface area contributed by atoms with Crippen LogP contribution in [-0.4, -0.2) is 15.0 Å². The SMILES string of the molecule is NCCC1=Cc2c(C(F)(F)F)cccc2S1(=O)=O. The van der Waals surface area contributed by atoms with Gasteiger partial charge in [0.1, 0.15) is 0 Å². The van der Waals surface area contributed by atoms with Crippen molar-refractivity contribution in [3.8, 4) is 0 Å². The molecule has 98 valence electrons. The molecule has 0 saturated heterocycles. The monoisotopic (exact) mass is 277 g/mol. The fraction of sp³-hybridized carbons (Fsp3) is 0.273. The molecule has 0 fully saturated rings. The fourth-order valence-corrected chi connectivity index (χ4v) is 3.56. The average Bonchev–Trinajstić information content (AvgIpc) is 2.50. The molecule has 0 atom stereocenters. The largest absolute Gasteiger partial charge is 0.417 e. The highest BCUT2D eigenvalue weighted by Gasteiger charge is 2.39. The molecule has 0 unspecified atom stereocenters. The summed E-state index contributed by atoms with van der Waals surface area (Å²) in [5.41, 5.74) is 4.04. The molecule has 0 radical (unpaired) electrons. The zero-order chi connectivity index (χ0) is 13.6. The van der Waals surface area contributed by atoms with E-state index in [1.165, 1.54) is 6.07 Å². The van der Waals surface area contributed by atoms with Gasteiger partial charge in [0.05, 0.1) is 15.4 Å². The van der Waals surface area contributed by atoms with Gasteiger partial charge < -0.3 is 5.73 Å². The molecule has 1 heterocycles. The van der Waals surface area contributed by atoms with Gasteiger partial charge in [-0.3, -0.25) is 0 Å². The van der Waals surface area contributed by atoms with Gasteiger partial charge in [-0.15, -0.1) is 0 Å². The molecular weight excluding hydrogens is 267 g/mol. The molecule has 7 heteroatoms. The number of alkyl halides is 3. The minimum Gasteiger partial charge on any atom is -0.330 e. The van der Waals surface area contributed by atoms with Gasteiger partial charge in [0, 0.05) is 5.56 Å². The van der Waals surface area contributed by atoms with Crippen molar-refractivity contribution < 1.29 is 21.6 Å². The Kier molecular flexibility index (Phi) is 2.98. The lowest BCUT2D eigenvalue weighted by atomic mass is 10.1. The number of nitrogens with two attached hydrogens (primary N) is 1. The van der Waals surface area contributed by atoms with E-state index >= 15 is 0 Å². The molecule has 3 nitrogen and oxygen atoms in total. The second-order valence-electron chi connectivity index (χ2n) is 3.87. The Balaban J connectivity index is 2.68. The summed E-state index contributed by atoms with van der Waals surface area (Å²) in [7, 11) is -3.81. The van der Waals surface area contributed by atoms with Gasteiger partial charge in [-0.25, -0.2) is 8.42 Å². The first-order valence-corrected chi connectivity index (χ1v) is 6.62. The smallest absolute Gasteiger partial charge is 0.330 e. The van der Waals surface area contributed by atoms with E-state index in [1.54, 1.807) is 0 Å². The highest BCUT2D eigenvalue weighted by molar-refractivity contribution is 7.95. The van der Waals surface area contributed by atoms with Crippen molar-refractivity contribution in [3.63, 3.8) is 0 Å². The summed E-state index contributed by atoms with van der Waals surface area (Å²) in [6, 6.07) is 3.15. The third-order valence-electron chi connectivity index (χ3n) is 2.70. The summed E-state index contributed by atoms with van der Waals surface area (Å²) < 4.78 is 62.2. The summed E-state index contributed by atoms with van der Waals surface area (Å²) in [4.78, 5) is -0.350. The van der Waals surface area contributed by atoms with Crippen LogP contribution in [0.3, 0.4) is 0 Å². The standard InChI is InChI=1S/C11H10F3NO2S/c12-11(13,14)9-2-1-3-10-8(9)6-7(4-5-15)18(10,16)17/h1-3,6H,4-5,15H2. The second-order valence-corrected chi connectivity index (χ2v) is 5.84. The van der Waals surface area contributed by atoms with Crippen molar-refractivity contribution >= 4 is 15.9 Å². The lowest BCUT2D eigenvalue weighted by Gasteiger charge is -2.10. The Bertz CT molecular complexity index is 618. The molecule has 0 bridgehead atoms. The molecule has 1 aromatic carbocycles. The van der Waals surface area contributed by atoms with Gasteiger partial charge >= 0.3 is 6.18 Å². The molecule has 0 amide bonds. The minimum atomic E-state index is -4.57. The summed E-state index contributed by atoms with van der Waals surface area (Å²) in [6.45, 7) is 0.0698. The van der Waals surface area contributed by atoms with Crippen molar-refractivity contribution in [2.75, 3.05) is 6.54 Å². The highest BCUT2D eigenvalue weighted by Crippen LogP contribution is 2.41. The predicted molar refractivity (Wildman–Crippen MR) is 60.3 cm³/mol. The molecule has 18 heavy (non-hydrogen) atoms. The van der Waals surface area contributed by atoms with Crippen LogP contribution >= 0.6 is 0 Å². The molecule has 1 aromatic rings. The zero-order valence-electron chi connectivity index (χ0n) is 9.16. The van der Waals surface area contributed by atoms with Gasteiger partial charge in [-0.05, 0) is 31.2 Å². The van der Waals surface area contributed by atoms with Gasteiger partial charge in [0.15, 0.2) is 0 Å². The van der Waals surface area contributed by atoms with Crippen LogP contribution in [0.15, 0.2) is 28.0 Å². The number of hydrogen-bond acceptors (Lipinski definition) is 3. The Morgan fingerprint density at radius 2 is 1.89 bits per heavy atom. The van der Waals surface area contributed by atoms with E-state index in [-0.39, 0.29) is 28.3 Å². The van der Waals surface area contributed by atoms with Crippen molar-refractivity contribution in [2.45, 2.75) is 17.5 Å². The quantitative estimate of drug-likeness (QED) is 0.901. The Hall–Kier alpha value is -1.34. The van der Waals surface area contributed by atoms with Crippen molar-refractivity contribution in [2.24, 2.45) is 5.73 Å². The van der Waals surface area contributed by atoms with E-state index in [0.717, 1.165) is 18.2 Å². The highest BCUT2D eigenvalue weighted by atomic mass is 32.2. The number of fused-ring (bicyclic) bond motifs is 1. The van der Waals surface area contributed by atoms with Crippen LogP contribution in [-0.2, 0) is 16.0 Å². The summed E-state index contributed by atoms with van der Waals surface area (Å²) in [6.07, 6.45) is -3.47. The number of hydrogen-bond donors (Lipinski definition) is 1. The van der Waals surface area contributed by atoms with Crippen molar-refractivity contribution in [3.05, 3.63) is 34.2 Å². The van der Waals surface area contributed by atoms with E-state index in [1.807, 2.05) is 0 Å². The van der Waals surface area contributed by atoms with Crippen LogP contribution in [0, 0.1) is 0 Å². The fourth-order valence-electron chi connectivity index (χ4n) is 1.90. The van der Waals surface area contributed by atoms with Gasteiger partial charge in [0.25, 0.3) is 0 Å². The summed E-state index contributed by atoms with van der Waals surface area (Å²) >= 11 is 0. The topological polar surface area (TPSA) is 60.2 Å². The molecule has 0 aliphatic carbocycles. The molecule has 1 aliphatic heterocycles. The molecule has 2 rings (SSSR count). The number of halogens is 3. The van der Waals surface area contributed by atoms with E-state index in [4.69, 9.17) is 5.73 Å². The van der Waals surface area contributed by atoms with Crippen LogP contribution in [0.4, 0.5) is 13.2 Å². The third kappa shape index (κ3) is 1.93. The lowest BCUT2D eigenvalue weighted by Crippen LogP contribution is -2.09. The van der Waals surface area contributed by atoms with E-state index < -0.39 is 21.6 Å². The van der Waals surface area contributed by atoms with Crippen LogP contribution in [0.5, 0.6) is 0 Å². The van der Waals surface area contributed by atoms with Crippen LogP contribution in [0.25, 0.3) is 6.08 Å². The first-order chi connectivity index (χ1) is 8.28. The van der Waals surface area contributed by atoms with Crippen LogP contribution in [0.1, 0.15) is 17.5 Å². The van der Waals surface area contributed by atoms with Gasteiger partial charge in [-0.2, -0.15) is 13.2 Å². The van der Waals surface area contributed by atoms with Crippen LogP contribution < -0.4 is 5.73 Å². The Labute approximate surface area is 102 Å². The van der Waals surface area contributed by atoms with Crippen molar-refractivity contribution in [1.29, 1.82) is 0 Å². The van der Waals surface area contributed by atoms with Gasteiger partial charge in [0.2, 0.25) is 9.84 Å². The van der Waals surface area contributed by atoms with Crippen LogP contribution in [0.2, 0.25) is 0 Å².